The van der Waals surface area contributed by atoms with Crippen molar-refractivity contribution in [1.82, 2.24) is 0 Å². The second kappa shape index (κ2) is 4.09. The van der Waals surface area contributed by atoms with Crippen molar-refractivity contribution in [3.8, 4) is 0 Å². The van der Waals surface area contributed by atoms with E-state index in [-0.39, 0.29) is 4.83 Å². The minimum absolute atomic E-state index is 0.0602. The third kappa shape index (κ3) is 1.76. The van der Waals surface area contributed by atoms with Crippen molar-refractivity contribution in [2.75, 3.05) is 0 Å². The maximum absolute atomic E-state index is 6.04. The molecular weight excluding hydrogens is 284 g/mol. The predicted molar refractivity (Wildman–Crippen MR) is 63.5 cm³/mol. The van der Waals surface area contributed by atoms with Crippen LogP contribution in [0.15, 0.2) is 28.2 Å². The minimum atomic E-state index is 0.0602. The highest BCUT2D eigenvalue weighted by atomic mass is 79.9. The lowest BCUT2D eigenvalue weighted by molar-refractivity contribution is 0.518. The molecule has 14 heavy (non-hydrogen) atoms. The quantitative estimate of drug-likeness (QED) is 0.725. The molecule has 0 aliphatic rings. The normalized spacial score (nSPS) is 13.1. The first-order valence-corrected chi connectivity index (χ1v) is 6.28. The summed E-state index contributed by atoms with van der Waals surface area (Å²) in [6, 6.07) is 3.85. The van der Waals surface area contributed by atoms with Gasteiger partial charge in [-0.2, -0.15) is 0 Å². The van der Waals surface area contributed by atoms with Crippen molar-refractivity contribution < 1.29 is 4.42 Å². The molecule has 0 spiro atoms. The van der Waals surface area contributed by atoms with Crippen LogP contribution < -0.4 is 0 Å². The lowest BCUT2D eigenvalue weighted by Gasteiger charge is -2.06. The number of alkyl halides is 1. The van der Waals surface area contributed by atoms with Crippen LogP contribution in [-0.2, 0) is 0 Å². The lowest BCUT2D eigenvalue weighted by Crippen LogP contribution is -1.89. The highest BCUT2D eigenvalue weighted by Crippen LogP contribution is 2.39. The number of furan rings is 1. The first-order valence-electron chi connectivity index (χ1n) is 4.11. The number of hydrogen-bond acceptors (Lipinski definition) is 2. The highest BCUT2D eigenvalue weighted by Gasteiger charge is 2.19. The number of aryl methyl sites for hydroxylation is 1. The third-order valence-corrected chi connectivity index (χ3v) is 4.61. The predicted octanol–water partition coefficient (Wildman–Crippen LogP) is 4.79. The van der Waals surface area contributed by atoms with Crippen molar-refractivity contribution in [3.63, 3.8) is 0 Å². The molecule has 0 bridgehead atoms. The van der Waals surface area contributed by atoms with Crippen molar-refractivity contribution in [1.29, 1.82) is 0 Å². The van der Waals surface area contributed by atoms with Crippen molar-refractivity contribution >= 4 is 38.9 Å². The van der Waals surface area contributed by atoms with Gasteiger partial charge in [-0.05, 0) is 30.0 Å². The molecule has 2 heterocycles. The number of thiophene rings is 1. The molecule has 2 aromatic heterocycles. The number of hydrogen-bond donors (Lipinski definition) is 0. The van der Waals surface area contributed by atoms with Crippen LogP contribution in [0.1, 0.15) is 21.0 Å². The van der Waals surface area contributed by atoms with Gasteiger partial charge >= 0.3 is 0 Å². The van der Waals surface area contributed by atoms with E-state index in [1.54, 1.807) is 17.6 Å². The fourth-order valence-corrected chi connectivity index (χ4v) is 3.56. The molecule has 0 aliphatic carbocycles. The molecule has 0 radical (unpaired) electrons. The molecule has 0 saturated heterocycles. The van der Waals surface area contributed by atoms with Crippen LogP contribution in [0.3, 0.4) is 0 Å². The Morgan fingerprint density at radius 1 is 1.50 bits per heavy atom. The zero-order chi connectivity index (χ0) is 10.1. The molecule has 0 aliphatic heterocycles. The Hall–Kier alpha value is -0.250. The molecule has 1 unspecified atom stereocenters. The van der Waals surface area contributed by atoms with E-state index in [1.165, 1.54) is 0 Å². The maximum atomic E-state index is 6.04. The summed E-state index contributed by atoms with van der Waals surface area (Å²) in [5.41, 5.74) is 1.14. The SMILES string of the molecule is Cc1ccoc1C(Br)c1sccc1Cl. The molecular formula is C10H8BrClOS. The van der Waals surface area contributed by atoms with Gasteiger partial charge < -0.3 is 4.42 Å². The van der Waals surface area contributed by atoms with E-state index in [1.807, 2.05) is 24.4 Å². The standard InChI is InChI=1S/C10H8BrClOS/c1-6-2-4-13-9(6)8(11)10-7(12)3-5-14-10/h2-5,8H,1H3. The Labute approximate surface area is 99.8 Å². The first kappa shape index (κ1) is 10.3. The summed E-state index contributed by atoms with van der Waals surface area (Å²) >= 11 is 11.3. The summed E-state index contributed by atoms with van der Waals surface area (Å²) in [4.78, 5) is 1.15. The molecule has 0 amide bonds. The average molecular weight is 292 g/mol. The molecule has 0 fully saturated rings. The van der Waals surface area contributed by atoms with Gasteiger partial charge in [-0.25, -0.2) is 0 Å². The van der Waals surface area contributed by atoms with Gasteiger partial charge in [0.1, 0.15) is 10.6 Å². The fraction of sp³-hybridized carbons (Fsp3) is 0.200. The topological polar surface area (TPSA) is 13.1 Å². The van der Waals surface area contributed by atoms with Gasteiger partial charge in [-0.3, -0.25) is 0 Å². The van der Waals surface area contributed by atoms with Gasteiger partial charge in [0.25, 0.3) is 0 Å². The third-order valence-electron chi connectivity index (χ3n) is 2.01. The van der Waals surface area contributed by atoms with Crippen molar-refractivity contribution in [2.24, 2.45) is 0 Å². The second-order valence-corrected chi connectivity index (χ2v) is 5.23. The van der Waals surface area contributed by atoms with Gasteiger partial charge in [0, 0.05) is 4.88 Å². The van der Waals surface area contributed by atoms with Gasteiger partial charge in [0.2, 0.25) is 0 Å². The van der Waals surface area contributed by atoms with E-state index in [0.29, 0.717) is 0 Å². The van der Waals surface area contributed by atoms with Gasteiger partial charge in [0.05, 0.1) is 11.3 Å². The molecule has 1 atom stereocenters. The number of halogens is 2. The van der Waals surface area contributed by atoms with Crippen LogP contribution in [0.5, 0.6) is 0 Å². The van der Waals surface area contributed by atoms with Crippen LogP contribution >= 0.6 is 38.9 Å². The smallest absolute Gasteiger partial charge is 0.125 e. The summed E-state index contributed by atoms with van der Waals surface area (Å²) in [6.45, 7) is 2.02. The Morgan fingerprint density at radius 3 is 2.79 bits per heavy atom. The molecule has 2 rings (SSSR count). The Morgan fingerprint density at radius 2 is 2.29 bits per heavy atom. The van der Waals surface area contributed by atoms with E-state index in [9.17, 15) is 0 Å². The van der Waals surface area contributed by atoms with Gasteiger partial charge in [-0.1, -0.05) is 27.5 Å². The van der Waals surface area contributed by atoms with Crippen LogP contribution in [-0.4, -0.2) is 0 Å². The Bertz CT molecular complexity index is 395. The van der Waals surface area contributed by atoms with E-state index in [4.69, 9.17) is 16.0 Å². The van der Waals surface area contributed by atoms with E-state index in [2.05, 4.69) is 15.9 Å². The van der Waals surface area contributed by atoms with Gasteiger partial charge in [-0.15, -0.1) is 11.3 Å². The van der Waals surface area contributed by atoms with E-state index >= 15 is 0 Å². The Balaban J connectivity index is 2.38. The summed E-state index contributed by atoms with van der Waals surface area (Å²) in [7, 11) is 0. The van der Waals surface area contributed by atoms with Crippen LogP contribution in [0.4, 0.5) is 0 Å². The molecule has 1 nitrogen and oxygen atoms in total. The monoisotopic (exact) mass is 290 g/mol. The largest absolute Gasteiger partial charge is 0.467 e. The van der Waals surface area contributed by atoms with Crippen LogP contribution in [0, 0.1) is 6.92 Å². The van der Waals surface area contributed by atoms with Crippen LogP contribution in [0.2, 0.25) is 5.02 Å². The summed E-state index contributed by atoms with van der Waals surface area (Å²) in [5.74, 6) is 0.925. The summed E-state index contributed by atoms with van der Waals surface area (Å²) in [5, 5.41) is 2.76. The average Bonchev–Trinajstić information content (AvgIpc) is 2.73. The lowest BCUT2D eigenvalue weighted by atomic mass is 10.2. The first-order chi connectivity index (χ1) is 6.70. The highest BCUT2D eigenvalue weighted by molar-refractivity contribution is 9.09. The zero-order valence-electron chi connectivity index (χ0n) is 7.46. The van der Waals surface area contributed by atoms with Crippen molar-refractivity contribution in [3.05, 3.63) is 45.0 Å². The Kier molecular flexibility index (Phi) is 3.00. The molecule has 0 saturated carbocycles. The van der Waals surface area contributed by atoms with Gasteiger partial charge in [0.15, 0.2) is 0 Å². The van der Waals surface area contributed by atoms with Crippen LogP contribution in [0.25, 0.3) is 0 Å². The molecule has 74 valence electrons. The van der Waals surface area contributed by atoms with E-state index in [0.717, 1.165) is 21.2 Å². The second-order valence-electron chi connectivity index (χ2n) is 2.96. The molecule has 4 heteroatoms. The molecule has 0 N–H and O–H groups in total. The molecule has 0 aromatic carbocycles. The maximum Gasteiger partial charge on any atom is 0.125 e. The number of rotatable bonds is 2. The minimum Gasteiger partial charge on any atom is -0.467 e. The summed E-state index contributed by atoms with van der Waals surface area (Å²) in [6.07, 6.45) is 1.69. The zero-order valence-corrected chi connectivity index (χ0v) is 10.6. The van der Waals surface area contributed by atoms with E-state index < -0.39 is 0 Å². The summed E-state index contributed by atoms with van der Waals surface area (Å²) < 4.78 is 5.41. The molecule has 2 aromatic rings. The fourth-order valence-electron chi connectivity index (χ4n) is 1.25. The van der Waals surface area contributed by atoms with Crippen molar-refractivity contribution in [2.45, 2.75) is 11.8 Å².